The Hall–Kier alpha value is -6.87. The summed E-state index contributed by atoms with van der Waals surface area (Å²) < 4.78 is 75.9. The first kappa shape index (κ1) is 57.8. The topological polar surface area (TPSA) is 248 Å². The molecule has 4 atom stereocenters. The van der Waals surface area contributed by atoms with Gasteiger partial charge in [-0.05, 0) is 59.9 Å². The summed E-state index contributed by atoms with van der Waals surface area (Å²) in [6.07, 6.45) is -2.04. The van der Waals surface area contributed by atoms with E-state index in [4.69, 9.17) is 35.5 Å². The molecule has 3 aliphatic heterocycles. The molecule has 3 aliphatic rings. The summed E-state index contributed by atoms with van der Waals surface area (Å²) >= 11 is 8.24. The van der Waals surface area contributed by atoms with Gasteiger partial charge in [0.2, 0.25) is 23.7 Å². The molecule has 0 bridgehead atoms. The number of nitrogens with zero attached hydrogens (tertiary/aromatic N) is 8. The minimum Gasteiger partial charge on any atom is -0.467 e. The van der Waals surface area contributed by atoms with Crippen LogP contribution in [0.4, 0.5) is 32.1 Å². The van der Waals surface area contributed by atoms with Crippen LogP contribution in [-0.2, 0) is 30.7 Å². The lowest BCUT2D eigenvalue weighted by Crippen LogP contribution is -2.57. The van der Waals surface area contributed by atoms with Crippen molar-refractivity contribution >= 4 is 67.9 Å². The Kier molecular flexibility index (Phi) is 17.7. The Morgan fingerprint density at radius 2 is 1.75 bits per heavy atom. The van der Waals surface area contributed by atoms with Gasteiger partial charge in [0.05, 0.1) is 81.6 Å². The minimum absolute atomic E-state index is 0.0123. The number of carbonyl (C=O) groups is 2. The highest BCUT2D eigenvalue weighted by molar-refractivity contribution is 7.90. The lowest BCUT2D eigenvalue weighted by molar-refractivity contribution is -0.287. The molecule has 26 heteroatoms. The van der Waals surface area contributed by atoms with Gasteiger partial charge >= 0.3 is 12.3 Å². The van der Waals surface area contributed by atoms with E-state index in [1.807, 2.05) is 62.4 Å². The van der Waals surface area contributed by atoms with Crippen LogP contribution in [-0.4, -0.2) is 157 Å². The molecule has 6 aromatic rings. The molecule has 2 amide bonds. The highest BCUT2D eigenvalue weighted by Crippen LogP contribution is 2.48. The van der Waals surface area contributed by atoms with E-state index in [1.165, 1.54) is 48.5 Å². The summed E-state index contributed by atoms with van der Waals surface area (Å²) in [6.45, 7) is 12.3. The first-order valence-corrected chi connectivity index (χ1v) is 29.0. The number of hydrogen-bond donors (Lipinski definition) is 5. The van der Waals surface area contributed by atoms with Crippen LogP contribution < -0.4 is 40.4 Å². The van der Waals surface area contributed by atoms with Gasteiger partial charge in [0, 0.05) is 76.8 Å². The Bertz CT molecular complexity index is 3290. The minimum atomic E-state index is -3.92. The van der Waals surface area contributed by atoms with E-state index in [1.54, 1.807) is 29.5 Å². The molecule has 0 unspecified atom stereocenters. The molecule has 9 rings (SSSR count). The second-order valence-corrected chi connectivity index (χ2v) is 23.9. The average molecular weight is 1160 g/mol. The SMILES string of the molecule is COc1nc(Nc2cc(S(C)(=O)=O)ccc2N[C@@H](c2cccc3c2OC(F)(F)O3)c2ncccc2Cl)nc(N2CCN(CCOCCN[C@H](C(=O)N3C[C@H](O)C[C@H]3C(=O)NCc3ccc(-c4scnc4C)cc3)C(C)(C)C)CC2)n1. The summed E-state index contributed by atoms with van der Waals surface area (Å²) in [5.41, 5.74) is 5.16. The summed E-state index contributed by atoms with van der Waals surface area (Å²) in [6, 6.07) is 17.3. The van der Waals surface area contributed by atoms with Crippen molar-refractivity contribution < 1.29 is 50.8 Å². The number of para-hydroxylation sites is 1. The third-order valence-corrected chi connectivity index (χ3v) is 16.2. The maximum Gasteiger partial charge on any atom is 0.586 e. The summed E-state index contributed by atoms with van der Waals surface area (Å²) in [5, 5.41) is 23.7. The first-order chi connectivity index (χ1) is 38.1. The van der Waals surface area contributed by atoms with Crippen LogP contribution in [0.15, 0.2) is 89.4 Å². The van der Waals surface area contributed by atoms with Crippen molar-refractivity contribution in [1.29, 1.82) is 0 Å². The zero-order valence-corrected chi connectivity index (χ0v) is 47.3. The molecule has 3 aromatic carbocycles. The number of anilines is 4. The number of rotatable bonds is 21. The van der Waals surface area contributed by atoms with Crippen LogP contribution in [0.2, 0.25) is 5.02 Å². The maximum absolute atomic E-state index is 14.5. The molecule has 0 saturated carbocycles. The Morgan fingerprint density at radius 3 is 2.45 bits per heavy atom. The zero-order chi connectivity index (χ0) is 56.9. The third kappa shape index (κ3) is 13.8. The van der Waals surface area contributed by atoms with Crippen LogP contribution in [0.3, 0.4) is 0 Å². The quantitative estimate of drug-likeness (QED) is 0.0486. The van der Waals surface area contributed by atoms with Crippen LogP contribution in [0.5, 0.6) is 17.5 Å². The van der Waals surface area contributed by atoms with Gasteiger partial charge in [-0.3, -0.25) is 19.5 Å². The van der Waals surface area contributed by atoms with Gasteiger partial charge in [-0.1, -0.05) is 68.8 Å². The fourth-order valence-corrected chi connectivity index (χ4v) is 11.3. The van der Waals surface area contributed by atoms with E-state index < -0.39 is 45.8 Å². The Balaban J connectivity index is 0.787. The molecule has 0 radical (unpaired) electrons. The Morgan fingerprint density at radius 1 is 0.975 bits per heavy atom. The molecule has 0 aliphatic carbocycles. The smallest absolute Gasteiger partial charge is 0.467 e. The number of likely N-dealkylation sites (tertiary alicyclic amines) is 1. The molecule has 426 valence electrons. The van der Waals surface area contributed by atoms with E-state index in [0.717, 1.165) is 28.0 Å². The van der Waals surface area contributed by atoms with Gasteiger partial charge in [0.1, 0.15) is 6.04 Å². The van der Waals surface area contributed by atoms with Crippen molar-refractivity contribution in [3.05, 3.63) is 112 Å². The highest BCUT2D eigenvalue weighted by Gasteiger charge is 2.46. The second kappa shape index (κ2) is 24.5. The van der Waals surface area contributed by atoms with Crippen LogP contribution >= 0.6 is 22.9 Å². The molecule has 2 saturated heterocycles. The number of sulfone groups is 1. The van der Waals surface area contributed by atoms with Crippen molar-refractivity contribution in [3.8, 4) is 28.0 Å². The number of piperazine rings is 1. The molecule has 2 fully saturated rings. The van der Waals surface area contributed by atoms with Gasteiger partial charge in [0.15, 0.2) is 21.3 Å². The number of β-amino-alcohol motifs (C(OH)–C–C–N with tert-alkyl or cyclic N) is 1. The van der Waals surface area contributed by atoms with Crippen molar-refractivity contribution in [2.24, 2.45) is 5.41 Å². The summed E-state index contributed by atoms with van der Waals surface area (Å²) in [5.74, 6) is -0.689. The maximum atomic E-state index is 14.5. The van der Waals surface area contributed by atoms with Gasteiger partial charge in [0.25, 0.3) is 0 Å². The van der Waals surface area contributed by atoms with E-state index in [-0.39, 0.29) is 87.3 Å². The number of aryl methyl sites for hydroxylation is 1. The molecule has 21 nitrogen and oxygen atoms in total. The van der Waals surface area contributed by atoms with E-state index in [9.17, 15) is 31.9 Å². The predicted molar refractivity (Wildman–Crippen MR) is 298 cm³/mol. The number of ether oxygens (including phenoxy) is 4. The number of fused-ring (bicyclic) bond motifs is 1. The molecule has 3 aromatic heterocycles. The number of amides is 2. The lowest BCUT2D eigenvalue weighted by Gasteiger charge is -2.35. The normalized spacial score (nSPS) is 18.0. The number of benzene rings is 3. The molecule has 5 N–H and O–H groups in total. The number of pyridine rings is 1. The molecule has 80 heavy (non-hydrogen) atoms. The number of thiazole rings is 1. The van der Waals surface area contributed by atoms with E-state index >= 15 is 0 Å². The molecule has 6 heterocycles. The first-order valence-electron chi connectivity index (χ1n) is 25.8. The zero-order valence-electron chi connectivity index (χ0n) is 44.9. The fourth-order valence-electron chi connectivity index (χ4n) is 9.65. The summed E-state index contributed by atoms with van der Waals surface area (Å²) in [4.78, 5) is 57.0. The van der Waals surface area contributed by atoms with Crippen LogP contribution in [0, 0.1) is 12.3 Å². The van der Waals surface area contributed by atoms with E-state index in [0.29, 0.717) is 58.4 Å². The number of aromatic nitrogens is 5. The third-order valence-electron chi connectivity index (χ3n) is 13.8. The fraction of sp³-hybridized carbons (Fsp3) is 0.426. The molecular formula is C54H63ClF2N12O9S2. The average Bonchev–Trinajstić information content (AvgIpc) is 4.20. The summed E-state index contributed by atoms with van der Waals surface area (Å²) in [7, 11) is -2.33. The number of hydrogen-bond acceptors (Lipinski definition) is 20. The van der Waals surface area contributed by atoms with Crippen LogP contribution in [0.1, 0.15) is 55.7 Å². The number of aliphatic hydroxyl groups is 1. The standard InChI is InChI=1S/C54H63ClF2N12O9S2/c1-32-46(79-31-61-32)34-14-12-33(13-15-34)29-60-48(71)41-27-35(70)30-69(41)49(72)47(53(2,3)4)59-19-25-76-26-24-67-20-22-68(23-21-67)51-64-50(65-52(66-51)75-5)63-40-28-36(80(6,73)74)16-17-39(40)62-43(44-38(55)10-8-18-58-44)37-9-7-11-42-45(37)78-54(56,57)77-42/h7-18,28,31,35,41,43,47,59,62,70H,19-27,29-30H2,1-6H3,(H,60,71)(H,63,64,65,66)/t35-,41+,43+,47-/m1/s1. The highest BCUT2D eigenvalue weighted by atomic mass is 35.5. The van der Waals surface area contributed by atoms with Gasteiger partial charge < -0.3 is 55.1 Å². The van der Waals surface area contributed by atoms with Crippen molar-refractivity contribution in [2.75, 3.05) is 87.9 Å². The number of carbonyl (C=O) groups excluding carboxylic acids is 2. The van der Waals surface area contributed by atoms with Crippen molar-refractivity contribution in [3.63, 3.8) is 0 Å². The number of nitrogens with one attached hydrogen (secondary N) is 4. The Labute approximate surface area is 471 Å². The number of aliphatic hydroxyl groups excluding tert-OH is 1. The van der Waals surface area contributed by atoms with Gasteiger partial charge in [-0.25, -0.2) is 13.4 Å². The predicted octanol–water partition coefficient (Wildman–Crippen LogP) is 6.45. The van der Waals surface area contributed by atoms with E-state index in [2.05, 4.69) is 46.1 Å². The molecule has 0 spiro atoms. The number of methoxy groups -OCH3 is 1. The monoisotopic (exact) mass is 1160 g/mol. The van der Waals surface area contributed by atoms with Crippen molar-refractivity contribution in [1.82, 2.24) is 45.4 Å². The van der Waals surface area contributed by atoms with Gasteiger partial charge in [-0.15, -0.1) is 20.1 Å². The second-order valence-electron chi connectivity index (χ2n) is 20.6. The number of alkyl halides is 2. The molecular weight excluding hydrogens is 1100 g/mol. The van der Waals surface area contributed by atoms with Crippen LogP contribution in [0.25, 0.3) is 10.4 Å². The largest absolute Gasteiger partial charge is 0.586 e. The number of halogens is 3. The van der Waals surface area contributed by atoms with Gasteiger partial charge in [-0.2, -0.15) is 15.0 Å². The lowest BCUT2D eigenvalue weighted by atomic mass is 9.85. The van der Waals surface area contributed by atoms with Crippen molar-refractivity contribution in [2.45, 2.75) is 76.1 Å².